The van der Waals surface area contributed by atoms with E-state index in [1.807, 2.05) is 24.3 Å². The molecule has 78 valence electrons. The molecular weight excluding hydrogens is 194 g/mol. The second kappa shape index (κ2) is 3.65. The lowest BCUT2D eigenvalue weighted by molar-refractivity contribution is -0.137. The first-order valence-corrected chi connectivity index (χ1v) is 4.65. The van der Waals surface area contributed by atoms with Gasteiger partial charge in [0.05, 0.1) is 0 Å². The molecule has 2 rings (SSSR count). The van der Waals surface area contributed by atoms with Crippen molar-refractivity contribution in [3.05, 3.63) is 30.3 Å². The fourth-order valence-corrected chi connectivity index (χ4v) is 1.33. The van der Waals surface area contributed by atoms with Crippen LogP contribution in [0.2, 0.25) is 0 Å². The lowest BCUT2D eigenvalue weighted by Crippen LogP contribution is -2.24. The Hall–Kier alpha value is -1.97. The molecule has 15 heavy (non-hydrogen) atoms. The van der Waals surface area contributed by atoms with Gasteiger partial charge in [0.15, 0.2) is 5.88 Å². The summed E-state index contributed by atoms with van der Waals surface area (Å²) in [6.45, 7) is 1.56. The molecule has 0 spiro atoms. The van der Waals surface area contributed by atoms with Crippen LogP contribution in [0.25, 0.3) is 11.0 Å². The molecule has 0 amide bonds. The lowest BCUT2D eigenvalue weighted by atomic mass is 10.2. The Bertz CT molecular complexity index is 456. The lowest BCUT2D eigenvalue weighted by Gasteiger charge is -2.06. The van der Waals surface area contributed by atoms with Gasteiger partial charge in [-0.05, 0) is 13.0 Å². The molecule has 0 radical (unpaired) electrons. The van der Waals surface area contributed by atoms with Crippen LogP contribution in [0, 0.1) is 0 Å². The summed E-state index contributed by atoms with van der Waals surface area (Å²) in [4.78, 5) is 10.6. The Morgan fingerprint density at radius 1 is 1.47 bits per heavy atom. The van der Waals surface area contributed by atoms with E-state index in [2.05, 4.69) is 5.32 Å². The maximum Gasteiger partial charge on any atom is 0.325 e. The third-order valence-corrected chi connectivity index (χ3v) is 2.15. The van der Waals surface area contributed by atoms with E-state index in [-0.39, 0.29) is 0 Å². The minimum atomic E-state index is -0.907. The standard InChI is InChI=1S/C11H11NO3/c1-7(11(13)14)12-10-6-8-4-2-3-5-9(8)15-10/h2-7,12H,1H3,(H,13,14)/t7-/m0/s1. The Balaban J connectivity index is 2.26. The van der Waals surface area contributed by atoms with Crippen molar-refractivity contribution in [2.75, 3.05) is 5.32 Å². The number of nitrogens with one attached hydrogen (secondary N) is 1. The van der Waals surface area contributed by atoms with Crippen LogP contribution in [0.15, 0.2) is 34.7 Å². The molecule has 0 saturated carbocycles. The summed E-state index contributed by atoms with van der Waals surface area (Å²) in [5, 5.41) is 12.4. The van der Waals surface area contributed by atoms with Gasteiger partial charge >= 0.3 is 5.97 Å². The van der Waals surface area contributed by atoms with Crippen LogP contribution in [-0.4, -0.2) is 17.1 Å². The predicted molar refractivity (Wildman–Crippen MR) is 56.9 cm³/mol. The molecule has 0 saturated heterocycles. The van der Waals surface area contributed by atoms with Crippen molar-refractivity contribution in [3.63, 3.8) is 0 Å². The number of para-hydroxylation sites is 1. The molecule has 2 aromatic rings. The van der Waals surface area contributed by atoms with E-state index >= 15 is 0 Å². The van der Waals surface area contributed by atoms with Crippen molar-refractivity contribution < 1.29 is 14.3 Å². The zero-order chi connectivity index (χ0) is 10.8. The second-order valence-electron chi connectivity index (χ2n) is 3.35. The molecule has 4 nitrogen and oxygen atoms in total. The normalized spacial score (nSPS) is 12.6. The number of fused-ring (bicyclic) bond motifs is 1. The van der Waals surface area contributed by atoms with Gasteiger partial charge in [-0.2, -0.15) is 0 Å². The van der Waals surface area contributed by atoms with Gasteiger partial charge in [-0.1, -0.05) is 18.2 Å². The Morgan fingerprint density at radius 2 is 2.20 bits per heavy atom. The number of carbonyl (C=O) groups is 1. The van der Waals surface area contributed by atoms with Gasteiger partial charge in [0.25, 0.3) is 0 Å². The molecule has 0 fully saturated rings. The summed E-state index contributed by atoms with van der Waals surface area (Å²) in [7, 11) is 0. The first kappa shape index (κ1) is 9.58. The highest BCUT2D eigenvalue weighted by atomic mass is 16.4. The van der Waals surface area contributed by atoms with Crippen LogP contribution in [0.4, 0.5) is 5.88 Å². The van der Waals surface area contributed by atoms with Crippen molar-refractivity contribution in [2.24, 2.45) is 0 Å². The van der Waals surface area contributed by atoms with Crippen molar-refractivity contribution in [1.29, 1.82) is 0 Å². The third kappa shape index (κ3) is 1.93. The topological polar surface area (TPSA) is 62.5 Å². The summed E-state index contributed by atoms with van der Waals surface area (Å²) in [6, 6.07) is 8.65. The molecule has 1 aromatic heterocycles. The SMILES string of the molecule is C[C@H](Nc1cc2ccccc2o1)C(=O)O. The fraction of sp³-hybridized carbons (Fsp3) is 0.182. The first-order chi connectivity index (χ1) is 7.16. The smallest absolute Gasteiger partial charge is 0.325 e. The molecule has 0 unspecified atom stereocenters. The average molecular weight is 205 g/mol. The van der Waals surface area contributed by atoms with E-state index < -0.39 is 12.0 Å². The number of carboxylic acids is 1. The van der Waals surface area contributed by atoms with Gasteiger partial charge in [-0.25, -0.2) is 0 Å². The van der Waals surface area contributed by atoms with E-state index in [0.29, 0.717) is 5.88 Å². The van der Waals surface area contributed by atoms with E-state index in [9.17, 15) is 4.79 Å². The van der Waals surface area contributed by atoms with E-state index in [1.54, 1.807) is 13.0 Å². The van der Waals surface area contributed by atoms with Gasteiger partial charge in [0.2, 0.25) is 0 Å². The fourth-order valence-electron chi connectivity index (χ4n) is 1.33. The average Bonchev–Trinajstić information content (AvgIpc) is 2.59. The number of hydrogen-bond donors (Lipinski definition) is 2. The molecule has 0 aliphatic heterocycles. The summed E-state index contributed by atoms with van der Waals surface area (Å²) < 4.78 is 5.41. The van der Waals surface area contributed by atoms with E-state index in [0.717, 1.165) is 11.0 Å². The minimum absolute atomic E-state index is 0.478. The Morgan fingerprint density at radius 3 is 2.87 bits per heavy atom. The van der Waals surface area contributed by atoms with Crippen molar-refractivity contribution in [3.8, 4) is 0 Å². The van der Waals surface area contributed by atoms with Crippen LogP contribution in [0.1, 0.15) is 6.92 Å². The Labute approximate surface area is 86.5 Å². The summed E-state index contributed by atoms with van der Waals surface area (Å²) in [6.07, 6.45) is 0. The summed E-state index contributed by atoms with van der Waals surface area (Å²) >= 11 is 0. The van der Waals surface area contributed by atoms with Gasteiger partial charge in [0.1, 0.15) is 11.6 Å². The van der Waals surface area contributed by atoms with E-state index in [4.69, 9.17) is 9.52 Å². The molecule has 2 N–H and O–H groups in total. The monoisotopic (exact) mass is 205 g/mol. The van der Waals surface area contributed by atoms with Crippen LogP contribution in [0.3, 0.4) is 0 Å². The predicted octanol–water partition coefficient (Wildman–Crippen LogP) is 2.32. The molecule has 0 bridgehead atoms. The molecule has 0 aliphatic carbocycles. The number of aliphatic carboxylic acids is 1. The van der Waals surface area contributed by atoms with Gasteiger partial charge in [-0.3, -0.25) is 4.79 Å². The maximum atomic E-state index is 10.6. The number of furan rings is 1. The van der Waals surface area contributed by atoms with Gasteiger partial charge in [0, 0.05) is 11.5 Å². The first-order valence-electron chi connectivity index (χ1n) is 4.65. The molecule has 0 aliphatic rings. The van der Waals surface area contributed by atoms with E-state index in [1.165, 1.54) is 0 Å². The zero-order valence-electron chi connectivity index (χ0n) is 8.23. The van der Waals surface area contributed by atoms with Crippen molar-refractivity contribution >= 4 is 22.8 Å². The van der Waals surface area contributed by atoms with Crippen LogP contribution >= 0.6 is 0 Å². The van der Waals surface area contributed by atoms with Gasteiger partial charge < -0.3 is 14.8 Å². The highest BCUT2D eigenvalue weighted by Gasteiger charge is 2.12. The number of carboxylic acid groups (broad SMARTS) is 1. The molecule has 1 heterocycles. The van der Waals surface area contributed by atoms with Crippen LogP contribution in [-0.2, 0) is 4.79 Å². The molecular formula is C11H11NO3. The molecule has 1 aromatic carbocycles. The highest BCUT2D eigenvalue weighted by molar-refractivity contribution is 5.82. The quantitative estimate of drug-likeness (QED) is 0.807. The largest absolute Gasteiger partial charge is 0.480 e. The summed E-state index contributed by atoms with van der Waals surface area (Å²) in [5.41, 5.74) is 0.748. The molecule has 4 heteroatoms. The number of anilines is 1. The number of hydrogen-bond acceptors (Lipinski definition) is 3. The van der Waals surface area contributed by atoms with Crippen molar-refractivity contribution in [2.45, 2.75) is 13.0 Å². The summed E-state index contributed by atoms with van der Waals surface area (Å²) in [5.74, 6) is -0.429. The zero-order valence-corrected chi connectivity index (χ0v) is 8.23. The minimum Gasteiger partial charge on any atom is -0.480 e. The maximum absolute atomic E-state index is 10.6. The van der Waals surface area contributed by atoms with Gasteiger partial charge in [-0.15, -0.1) is 0 Å². The van der Waals surface area contributed by atoms with Crippen molar-refractivity contribution in [1.82, 2.24) is 0 Å². The van der Waals surface area contributed by atoms with Crippen LogP contribution < -0.4 is 5.32 Å². The highest BCUT2D eigenvalue weighted by Crippen LogP contribution is 2.22. The number of benzene rings is 1. The second-order valence-corrected chi connectivity index (χ2v) is 3.35. The van der Waals surface area contributed by atoms with Crippen LogP contribution in [0.5, 0.6) is 0 Å². The number of rotatable bonds is 3. The molecule has 1 atom stereocenters. The Kier molecular flexibility index (Phi) is 2.33. The third-order valence-electron chi connectivity index (χ3n) is 2.15.